The normalized spacial score (nSPS) is 15.9. The Labute approximate surface area is 201 Å². The number of nitrogens with one attached hydrogen (secondary N) is 2. The smallest absolute Gasteiger partial charge is 0.262 e. The molecule has 0 radical (unpaired) electrons. The molecule has 1 aliphatic rings. The third-order valence-corrected chi connectivity index (χ3v) is 7.58. The second-order valence-electron chi connectivity index (χ2n) is 8.70. The zero-order valence-electron chi connectivity index (χ0n) is 20.2. The number of hydrogen-bond acceptors (Lipinski definition) is 5. The fourth-order valence-electron chi connectivity index (χ4n) is 4.47. The van der Waals surface area contributed by atoms with Crippen LogP contribution in [0.4, 0.5) is 5.69 Å². The van der Waals surface area contributed by atoms with Crippen LogP contribution in [0.2, 0.25) is 0 Å². The summed E-state index contributed by atoms with van der Waals surface area (Å²) in [4.78, 5) is 27.5. The molecule has 8 nitrogen and oxygen atoms in total. The Morgan fingerprint density at radius 1 is 1.09 bits per heavy atom. The van der Waals surface area contributed by atoms with Gasteiger partial charge in [-0.15, -0.1) is 0 Å². The van der Waals surface area contributed by atoms with E-state index in [2.05, 4.69) is 10.0 Å². The van der Waals surface area contributed by atoms with Crippen LogP contribution in [0, 0.1) is 20.8 Å². The Hall–Kier alpha value is -2.91. The van der Waals surface area contributed by atoms with E-state index in [9.17, 15) is 18.0 Å². The van der Waals surface area contributed by atoms with Crippen molar-refractivity contribution in [2.24, 2.45) is 0 Å². The van der Waals surface area contributed by atoms with Gasteiger partial charge in [-0.25, -0.2) is 8.42 Å². The minimum Gasteiger partial charge on any atom is -0.385 e. The van der Waals surface area contributed by atoms with Gasteiger partial charge in [0.2, 0.25) is 5.91 Å². The molecule has 184 valence electrons. The number of hydrogen-bond donors (Lipinski definition) is 2. The number of nitrogens with zero attached hydrogens (tertiary/aromatic N) is 1. The quantitative estimate of drug-likeness (QED) is 0.529. The van der Waals surface area contributed by atoms with Crippen molar-refractivity contribution in [2.45, 2.75) is 51.0 Å². The van der Waals surface area contributed by atoms with Gasteiger partial charge < -0.3 is 15.0 Å². The number of rotatable bonds is 9. The van der Waals surface area contributed by atoms with E-state index in [0.29, 0.717) is 54.9 Å². The molecule has 2 aromatic carbocycles. The van der Waals surface area contributed by atoms with E-state index in [0.717, 1.165) is 12.0 Å². The number of carbonyl (C=O) groups excluding carboxylic acids is 2. The standard InChI is InChI=1S/C25H33N3O5S/c1-17-15-18(2)23(19(3)16-17)34(31,32)27-21-10-8-20(9-11-21)25(30)28-13-5-7-22(28)24(29)26-12-6-14-33-4/h8-11,15-16,22,27H,5-7,12-14H2,1-4H3,(H,26,29)/t22-/m1/s1. The van der Waals surface area contributed by atoms with E-state index < -0.39 is 16.1 Å². The van der Waals surface area contributed by atoms with Gasteiger partial charge in [0.25, 0.3) is 15.9 Å². The third-order valence-electron chi connectivity index (χ3n) is 5.90. The van der Waals surface area contributed by atoms with Crippen molar-refractivity contribution < 1.29 is 22.7 Å². The summed E-state index contributed by atoms with van der Waals surface area (Å²) in [5, 5.41) is 2.87. The topological polar surface area (TPSA) is 105 Å². The molecule has 2 amide bonds. The Morgan fingerprint density at radius 2 is 1.74 bits per heavy atom. The summed E-state index contributed by atoms with van der Waals surface area (Å²) in [6.45, 7) is 7.05. The number of ether oxygens (including phenoxy) is 1. The lowest BCUT2D eigenvalue weighted by atomic mass is 10.1. The Bertz CT molecular complexity index is 1120. The SMILES string of the molecule is COCCCNC(=O)[C@H]1CCCN1C(=O)c1ccc(NS(=O)(=O)c2c(C)cc(C)cc2C)cc1. The lowest BCUT2D eigenvalue weighted by Crippen LogP contribution is -2.46. The fraction of sp³-hybridized carbons (Fsp3) is 0.440. The maximum absolute atomic E-state index is 13.1. The molecule has 2 aromatic rings. The maximum Gasteiger partial charge on any atom is 0.262 e. The molecule has 1 heterocycles. The highest BCUT2D eigenvalue weighted by Gasteiger charge is 2.34. The molecule has 1 atom stereocenters. The number of anilines is 1. The fourth-order valence-corrected chi connectivity index (χ4v) is 5.99. The lowest BCUT2D eigenvalue weighted by molar-refractivity contribution is -0.124. The summed E-state index contributed by atoms with van der Waals surface area (Å²) >= 11 is 0. The molecule has 0 unspecified atom stereocenters. The number of carbonyl (C=O) groups is 2. The van der Waals surface area contributed by atoms with Gasteiger partial charge in [-0.1, -0.05) is 17.7 Å². The first-order valence-electron chi connectivity index (χ1n) is 11.4. The van der Waals surface area contributed by atoms with Crippen LogP contribution in [0.25, 0.3) is 0 Å². The van der Waals surface area contributed by atoms with Crippen molar-refractivity contribution in [3.63, 3.8) is 0 Å². The molecule has 1 saturated heterocycles. The first-order valence-corrected chi connectivity index (χ1v) is 12.9. The number of likely N-dealkylation sites (tertiary alicyclic amines) is 1. The number of methoxy groups -OCH3 is 1. The van der Waals surface area contributed by atoms with Crippen molar-refractivity contribution in [1.29, 1.82) is 0 Å². The molecule has 9 heteroatoms. The number of amides is 2. The number of sulfonamides is 1. The molecular weight excluding hydrogens is 454 g/mol. The highest BCUT2D eigenvalue weighted by Crippen LogP contribution is 2.25. The highest BCUT2D eigenvalue weighted by atomic mass is 32.2. The van der Waals surface area contributed by atoms with Gasteiger partial charge >= 0.3 is 0 Å². The summed E-state index contributed by atoms with van der Waals surface area (Å²) in [5.41, 5.74) is 3.13. The molecule has 1 fully saturated rings. The van der Waals surface area contributed by atoms with Crippen molar-refractivity contribution in [3.8, 4) is 0 Å². The highest BCUT2D eigenvalue weighted by molar-refractivity contribution is 7.92. The molecule has 0 aliphatic carbocycles. The van der Waals surface area contributed by atoms with Crippen LogP contribution in [0.5, 0.6) is 0 Å². The first-order chi connectivity index (χ1) is 16.1. The van der Waals surface area contributed by atoms with Gasteiger partial charge in [0.15, 0.2) is 0 Å². The average molecular weight is 488 g/mol. The lowest BCUT2D eigenvalue weighted by Gasteiger charge is -2.24. The molecule has 34 heavy (non-hydrogen) atoms. The first kappa shape index (κ1) is 25.7. The minimum absolute atomic E-state index is 0.157. The van der Waals surface area contributed by atoms with Crippen LogP contribution in [0.15, 0.2) is 41.3 Å². The molecule has 0 aromatic heterocycles. The second kappa shape index (κ2) is 11.0. The summed E-state index contributed by atoms with van der Waals surface area (Å²) in [6.07, 6.45) is 2.09. The largest absolute Gasteiger partial charge is 0.385 e. The van der Waals surface area contributed by atoms with Gasteiger partial charge in [-0.2, -0.15) is 0 Å². The van der Waals surface area contributed by atoms with Crippen LogP contribution >= 0.6 is 0 Å². The van der Waals surface area contributed by atoms with Gasteiger partial charge in [-0.05, 0) is 75.4 Å². The van der Waals surface area contributed by atoms with E-state index in [1.54, 1.807) is 50.1 Å². The van der Waals surface area contributed by atoms with Crippen molar-refractivity contribution in [2.75, 3.05) is 31.5 Å². The van der Waals surface area contributed by atoms with Gasteiger partial charge in [0.1, 0.15) is 6.04 Å². The molecule has 0 spiro atoms. The molecule has 3 rings (SSSR count). The van der Waals surface area contributed by atoms with Crippen LogP contribution in [0.1, 0.15) is 46.3 Å². The zero-order chi connectivity index (χ0) is 24.9. The van der Waals surface area contributed by atoms with Gasteiger partial charge in [0.05, 0.1) is 4.90 Å². The predicted molar refractivity (Wildman–Crippen MR) is 131 cm³/mol. The maximum atomic E-state index is 13.1. The van der Waals surface area contributed by atoms with Crippen LogP contribution in [-0.2, 0) is 19.6 Å². The monoisotopic (exact) mass is 487 g/mol. The molecule has 0 bridgehead atoms. The molecule has 2 N–H and O–H groups in total. The van der Waals surface area contributed by atoms with Crippen molar-refractivity contribution in [3.05, 3.63) is 58.7 Å². The molecule has 0 saturated carbocycles. The second-order valence-corrected chi connectivity index (χ2v) is 10.3. The molecule has 1 aliphatic heterocycles. The summed E-state index contributed by atoms with van der Waals surface area (Å²) in [7, 11) is -2.17. The zero-order valence-corrected chi connectivity index (χ0v) is 21.0. The van der Waals surface area contributed by atoms with Gasteiger partial charge in [0, 0.05) is 38.1 Å². The summed E-state index contributed by atoms with van der Waals surface area (Å²) < 4.78 is 33.6. The minimum atomic E-state index is -3.78. The van der Waals surface area contributed by atoms with E-state index in [4.69, 9.17) is 4.74 Å². The van der Waals surface area contributed by atoms with Gasteiger partial charge in [-0.3, -0.25) is 14.3 Å². The third kappa shape index (κ3) is 5.95. The van der Waals surface area contributed by atoms with Crippen molar-refractivity contribution >= 4 is 27.5 Å². The predicted octanol–water partition coefficient (Wildman–Crippen LogP) is 3.17. The van der Waals surface area contributed by atoms with Crippen LogP contribution in [-0.4, -0.2) is 58.0 Å². The Morgan fingerprint density at radius 3 is 2.35 bits per heavy atom. The Balaban J connectivity index is 1.69. The van der Waals surface area contributed by atoms with E-state index in [1.165, 1.54) is 0 Å². The summed E-state index contributed by atoms with van der Waals surface area (Å²) in [6, 6.07) is 9.48. The number of benzene rings is 2. The Kier molecular flexibility index (Phi) is 8.33. The van der Waals surface area contributed by atoms with E-state index >= 15 is 0 Å². The van der Waals surface area contributed by atoms with Crippen LogP contribution < -0.4 is 10.0 Å². The number of aryl methyl sites for hydroxylation is 3. The average Bonchev–Trinajstić information content (AvgIpc) is 3.25. The van der Waals surface area contributed by atoms with E-state index in [-0.39, 0.29) is 16.7 Å². The molecular formula is C25H33N3O5S. The van der Waals surface area contributed by atoms with Crippen LogP contribution in [0.3, 0.4) is 0 Å². The van der Waals surface area contributed by atoms with E-state index in [1.807, 2.05) is 19.1 Å². The van der Waals surface area contributed by atoms with Crippen molar-refractivity contribution in [1.82, 2.24) is 10.2 Å². The summed E-state index contributed by atoms with van der Waals surface area (Å²) in [5.74, 6) is -0.399.